The fraction of sp³-hybridized carbons (Fsp3) is 0.500. The first-order valence-corrected chi connectivity index (χ1v) is 6.10. The second kappa shape index (κ2) is 4.33. The lowest BCUT2D eigenvalue weighted by atomic mass is 10.1. The van der Waals surface area contributed by atoms with Gasteiger partial charge in [-0.15, -0.1) is 0 Å². The van der Waals surface area contributed by atoms with E-state index >= 15 is 0 Å². The smallest absolute Gasteiger partial charge is 0.160 e. The Hall–Kier alpha value is -1.62. The Morgan fingerprint density at radius 2 is 2.24 bits per heavy atom. The van der Waals surface area contributed by atoms with Crippen LogP contribution in [0, 0.1) is 0 Å². The molecule has 0 aromatic carbocycles. The second-order valence-corrected chi connectivity index (χ2v) is 4.50. The average molecular weight is 231 g/mol. The van der Waals surface area contributed by atoms with Crippen LogP contribution in [0.5, 0.6) is 0 Å². The van der Waals surface area contributed by atoms with Crippen molar-refractivity contribution in [2.75, 3.05) is 25.0 Å². The highest BCUT2D eigenvalue weighted by atomic mass is 15.3. The predicted molar refractivity (Wildman–Crippen MR) is 68.2 cm³/mol. The molecule has 5 heteroatoms. The minimum atomic E-state index is 0.648. The molecule has 0 spiro atoms. The minimum absolute atomic E-state index is 0.648. The van der Waals surface area contributed by atoms with E-state index in [0.717, 1.165) is 29.9 Å². The first kappa shape index (κ1) is 10.5. The number of rotatable bonds is 2. The summed E-state index contributed by atoms with van der Waals surface area (Å²) in [5.74, 6) is 1.04. The van der Waals surface area contributed by atoms with Crippen molar-refractivity contribution in [1.29, 1.82) is 0 Å². The molecule has 2 N–H and O–H groups in total. The lowest BCUT2D eigenvalue weighted by Crippen LogP contribution is -2.41. The molecule has 2 aromatic heterocycles. The number of nitrogens with zero attached hydrogens (tertiary/aromatic N) is 3. The van der Waals surface area contributed by atoms with Gasteiger partial charge >= 0.3 is 0 Å². The van der Waals surface area contributed by atoms with E-state index < -0.39 is 0 Å². The molecule has 0 atom stereocenters. The third-order valence-electron chi connectivity index (χ3n) is 3.52. The summed E-state index contributed by atoms with van der Waals surface area (Å²) in [6.45, 7) is 2.11. The number of fused-ring (bicyclic) bond motifs is 1. The molecule has 17 heavy (non-hydrogen) atoms. The van der Waals surface area contributed by atoms with Gasteiger partial charge in [-0.05, 0) is 32.0 Å². The van der Waals surface area contributed by atoms with Crippen molar-refractivity contribution in [3.05, 3.63) is 18.3 Å². The van der Waals surface area contributed by atoms with Gasteiger partial charge in [0.25, 0.3) is 0 Å². The van der Waals surface area contributed by atoms with E-state index in [1.54, 1.807) is 6.20 Å². The van der Waals surface area contributed by atoms with Crippen LogP contribution < -0.4 is 10.2 Å². The number of aromatic nitrogens is 3. The molecule has 5 nitrogen and oxygen atoms in total. The molecule has 0 unspecified atom stereocenters. The number of H-pyrrole nitrogens is 1. The molecule has 0 bridgehead atoms. The van der Waals surface area contributed by atoms with Crippen molar-refractivity contribution in [2.24, 2.45) is 0 Å². The summed E-state index contributed by atoms with van der Waals surface area (Å²) in [4.78, 5) is 6.61. The number of hydrogen-bond acceptors (Lipinski definition) is 4. The maximum atomic E-state index is 4.39. The van der Waals surface area contributed by atoms with Gasteiger partial charge in [-0.25, -0.2) is 4.98 Å². The number of hydrogen-bond donors (Lipinski definition) is 2. The first-order valence-electron chi connectivity index (χ1n) is 6.10. The first-order chi connectivity index (χ1) is 8.38. The molecule has 1 fully saturated rings. The van der Waals surface area contributed by atoms with Gasteiger partial charge in [-0.2, -0.15) is 5.10 Å². The van der Waals surface area contributed by atoms with E-state index in [4.69, 9.17) is 0 Å². The Balaban J connectivity index is 1.85. The van der Waals surface area contributed by atoms with Crippen LogP contribution in [0.4, 0.5) is 5.82 Å². The summed E-state index contributed by atoms with van der Waals surface area (Å²) >= 11 is 0. The molecule has 1 aliphatic rings. The van der Waals surface area contributed by atoms with Crippen molar-refractivity contribution in [1.82, 2.24) is 20.5 Å². The Morgan fingerprint density at radius 1 is 1.41 bits per heavy atom. The Morgan fingerprint density at radius 3 is 3.00 bits per heavy atom. The third-order valence-corrected chi connectivity index (χ3v) is 3.52. The van der Waals surface area contributed by atoms with Crippen LogP contribution in [0.1, 0.15) is 12.8 Å². The van der Waals surface area contributed by atoms with Gasteiger partial charge in [-0.1, -0.05) is 0 Å². The highest BCUT2D eigenvalue weighted by Crippen LogP contribution is 2.25. The van der Waals surface area contributed by atoms with Gasteiger partial charge < -0.3 is 10.2 Å². The topological polar surface area (TPSA) is 56.8 Å². The molecule has 90 valence electrons. The highest BCUT2D eigenvalue weighted by Gasteiger charge is 2.21. The van der Waals surface area contributed by atoms with Gasteiger partial charge in [-0.3, -0.25) is 5.10 Å². The van der Waals surface area contributed by atoms with E-state index in [1.165, 1.54) is 12.8 Å². The molecule has 0 amide bonds. The van der Waals surface area contributed by atoms with Crippen LogP contribution in [0.3, 0.4) is 0 Å². The van der Waals surface area contributed by atoms with Crippen LogP contribution in [-0.4, -0.2) is 41.4 Å². The van der Waals surface area contributed by atoms with Gasteiger partial charge in [0.05, 0.1) is 5.39 Å². The quantitative estimate of drug-likeness (QED) is 0.814. The zero-order valence-electron chi connectivity index (χ0n) is 9.98. The summed E-state index contributed by atoms with van der Waals surface area (Å²) in [5, 5.41) is 11.8. The standard InChI is InChI=1S/C12H17N5/c1-13-9-4-7-17(8-5-9)12-10-3-2-6-14-11(10)15-16-12/h2-3,6,9,13H,4-5,7-8H2,1H3,(H,14,15,16). The van der Waals surface area contributed by atoms with Crippen LogP contribution in [0.25, 0.3) is 11.0 Å². The van der Waals surface area contributed by atoms with Crippen LogP contribution in [0.2, 0.25) is 0 Å². The number of aromatic amines is 1. The zero-order valence-corrected chi connectivity index (χ0v) is 9.98. The van der Waals surface area contributed by atoms with E-state index in [9.17, 15) is 0 Å². The van der Waals surface area contributed by atoms with Gasteiger partial charge in [0.1, 0.15) is 0 Å². The summed E-state index contributed by atoms with van der Waals surface area (Å²) in [6, 6.07) is 4.68. The van der Waals surface area contributed by atoms with Crippen molar-refractivity contribution < 1.29 is 0 Å². The van der Waals surface area contributed by atoms with Crippen LogP contribution in [0.15, 0.2) is 18.3 Å². The second-order valence-electron chi connectivity index (χ2n) is 4.50. The molecule has 0 aliphatic carbocycles. The Bertz CT molecular complexity index is 498. The van der Waals surface area contributed by atoms with Gasteiger partial charge in [0, 0.05) is 25.3 Å². The average Bonchev–Trinajstić information content (AvgIpc) is 2.83. The fourth-order valence-electron chi connectivity index (χ4n) is 2.46. The fourth-order valence-corrected chi connectivity index (χ4v) is 2.46. The normalized spacial score (nSPS) is 17.8. The summed E-state index contributed by atoms with van der Waals surface area (Å²) in [6.07, 6.45) is 4.13. The monoisotopic (exact) mass is 231 g/mol. The van der Waals surface area contributed by atoms with E-state index in [0.29, 0.717) is 6.04 Å². The largest absolute Gasteiger partial charge is 0.354 e. The lowest BCUT2D eigenvalue weighted by Gasteiger charge is -2.31. The van der Waals surface area contributed by atoms with Crippen molar-refractivity contribution >= 4 is 16.9 Å². The number of anilines is 1. The summed E-state index contributed by atoms with van der Waals surface area (Å²) in [5.41, 5.74) is 0.873. The number of pyridine rings is 1. The van der Waals surface area contributed by atoms with Crippen molar-refractivity contribution in [3.8, 4) is 0 Å². The maximum Gasteiger partial charge on any atom is 0.160 e. The highest BCUT2D eigenvalue weighted by molar-refractivity contribution is 5.87. The maximum absolute atomic E-state index is 4.39. The summed E-state index contributed by atoms with van der Waals surface area (Å²) < 4.78 is 0. The molecular weight excluding hydrogens is 214 g/mol. The molecule has 1 saturated heterocycles. The van der Waals surface area contributed by atoms with E-state index in [2.05, 4.69) is 31.5 Å². The van der Waals surface area contributed by atoms with Gasteiger partial charge in [0.2, 0.25) is 0 Å². The molecule has 0 radical (unpaired) electrons. The SMILES string of the molecule is CNC1CCN(c2n[nH]c3ncccc23)CC1. The van der Waals surface area contributed by atoms with E-state index in [-0.39, 0.29) is 0 Å². The van der Waals surface area contributed by atoms with Crippen LogP contribution >= 0.6 is 0 Å². The molecule has 3 rings (SSSR count). The molecular formula is C12H17N5. The lowest BCUT2D eigenvalue weighted by molar-refractivity contribution is 0.441. The molecule has 3 heterocycles. The van der Waals surface area contributed by atoms with E-state index in [1.807, 2.05) is 13.1 Å². The number of piperidine rings is 1. The molecule has 1 aliphatic heterocycles. The van der Waals surface area contributed by atoms with Crippen molar-refractivity contribution in [3.63, 3.8) is 0 Å². The predicted octanol–water partition coefficient (Wildman–Crippen LogP) is 1.15. The molecule has 0 saturated carbocycles. The zero-order chi connectivity index (χ0) is 11.7. The summed E-state index contributed by atoms with van der Waals surface area (Å²) in [7, 11) is 2.04. The minimum Gasteiger partial charge on any atom is -0.354 e. The Kier molecular flexibility index (Phi) is 2.68. The molecule has 2 aromatic rings. The van der Waals surface area contributed by atoms with Crippen molar-refractivity contribution in [2.45, 2.75) is 18.9 Å². The van der Waals surface area contributed by atoms with Crippen LogP contribution in [-0.2, 0) is 0 Å². The Labute approximate surface area is 100 Å². The number of nitrogens with one attached hydrogen (secondary N) is 2. The van der Waals surface area contributed by atoms with Gasteiger partial charge in [0.15, 0.2) is 11.5 Å². The third kappa shape index (κ3) is 1.86.